The molecule has 1 heterocycles. The first-order chi connectivity index (χ1) is 12.2. The van der Waals surface area contributed by atoms with Crippen LogP contribution >= 0.6 is 11.3 Å². The summed E-state index contributed by atoms with van der Waals surface area (Å²) in [6.45, 7) is 5.29. The second-order valence-electron chi connectivity index (χ2n) is 6.94. The van der Waals surface area contributed by atoms with Crippen LogP contribution in [-0.2, 0) is 10.0 Å². The second kappa shape index (κ2) is 6.83. The van der Waals surface area contributed by atoms with Gasteiger partial charge in [0.25, 0.3) is 0 Å². The summed E-state index contributed by atoms with van der Waals surface area (Å²) in [6, 6.07) is 14.1. The maximum atomic E-state index is 12.4. The molecule has 3 aromatic rings. The number of nitrogens with one attached hydrogen (secondary N) is 1. The van der Waals surface area contributed by atoms with Crippen molar-refractivity contribution in [1.82, 2.24) is 9.71 Å². The third-order valence-corrected chi connectivity index (χ3v) is 6.17. The molecule has 2 N–H and O–H groups in total. The predicted molar refractivity (Wildman–Crippen MR) is 105 cm³/mol. The second-order valence-corrected chi connectivity index (χ2v) is 9.48. The van der Waals surface area contributed by atoms with Crippen LogP contribution in [0.4, 0.5) is 0 Å². The fraction of sp³-hybridized carbons (Fsp3) is 0.211. The Morgan fingerprint density at radius 1 is 1.08 bits per heavy atom. The number of thiazole rings is 1. The minimum absolute atomic E-state index is 0.0205. The maximum Gasteiger partial charge on any atom is 0.241 e. The van der Waals surface area contributed by atoms with Crippen LogP contribution < -0.4 is 4.72 Å². The summed E-state index contributed by atoms with van der Waals surface area (Å²) in [4.78, 5) is 4.58. The molecule has 26 heavy (non-hydrogen) atoms. The van der Waals surface area contributed by atoms with Gasteiger partial charge in [0, 0.05) is 28.1 Å². The summed E-state index contributed by atoms with van der Waals surface area (Å²) in [6.07, 6.45) is 0. The predicted octanol–water partition coefficient (Wildman–Crippen LogP) is 4.26. The van der Waals surface area contributed by atoms with Crippen molar-refractivity contribution in [2.45, 2.75) is 31.2 Å². The minimum atomic E-state index is -3.71. The molecular weight excluding hydrogens is 368 g/mol. The van der Waals surface area contributed by atoms with Gasteiger partial charge in [-0.05, 0) is 32.9 Å². The Morgan fingerprint density at radius 2 is 1.77 bits per heavy atom. The van der Waals surface area contributed by atoms with Crippen molar-refractivity contribution in [2.24, 2.45) is 0 Å². The monoisotopic (exact) mass is 388 g/mol. The van der Waals surface area contributed by atoms with Gasteiger partial charge in [0.15, 0.2) is 0 Å². The normalized spacial score (nSPS) is 12.3. The highest BCUT2D eigenvalue weighted by atomic mass is 32.2. The lowest BCUT2D eigenvalue weighted by atomic mass is 10.1. The van der Waals surface area contributed by atoms with E-state index in [9.17, 15) is 13.5 Å². The minimum Gasteiger partial charge on any atom is -0.507 e. The van der Waals surface area contributed by atoms with Crippen LogP contribution in [0.3, 0.4) is 0 Å². The van der Waals surface area contributed by atoms with E-state index in [0.29, 0.717) is 11.3 Å². The number of nitrogens with zero attached hydrogens (tertiary/aromatic N) is 1. The maximum absolute atomic E-state index is 12.4. The highest BCUT2D eigenvalue weighted by molar-refractivity contribution is 7.89. The summed E-state index contributed by atoms with van der Waals surface area (Å²) in [7, 11) is -3.71. The molecule has 0 radical (unpaired) electrons. The van der Waals surface area contributed by atoms with Crippen LogP contribution in [0.25, 0.3) is 21.8 Å². The van der Waals surface area contributed by atoms with Gasteiger partial charge in [-0.15, -0.1) is 11.3 Å². The number of phenolic OH excluding ortho intramolecular Hbond substituents is 1. The van der Waals surface area contributed by atoms with E-state index in [-0.39, 0.29) is 10.6 Å². The number of benzene rings is 2. The molecule has 1 aromatic heterocycles. The molecule has 0 bridgehead atoms. The summed E-state index contributed by atoms with van der Waals surface area (Å²) in [5.41, 5.74) is 1.50. The van der Waals surface area contributed by atoms with Crippen LogP contribution in [0.2, 0.25) is 0 Å². The molecule has 7 heteroatoms. The highest BCUT2D eigenvalue weighted by Crippen LogP contribution is 2.34. The van der Waals surface area contributed by atoms with Gasteiger partial charge in [0.2, 0.25) is 10.0 Å². The Kier molecular flexibility index (Phi) is 4.88. The van der Waals surface area contributed by atoms with Crippen molar-refractivity contribution in [3.63, 3.8) is 0 Å². The first-order valence-corrected chi connectivity index (χ1v) is 10.4. The van der Waals surface area contributed by atoms with Crippen molar-refractivity contribution >= 4 is 21.4 Å². The summed E-state index contributed by atoms with van der Waals surface area (Å²) >= 11 is 1.47. The van der Waals surface area contributed by atoms with E-state index < -0.39 is 15.6 Å². The fourth-order valence-corrected chi connectivity index (χ4v) is 4.73. The van der Waals surface area contributed by atoms with Crippen molar-refractivity contribution in [1.29, 1.82) is 0 Å². The van der Waals surface area contributed by atoms with E-state index >= 15 is 0 Å². The summed E-state index contributed by atoms with van der Waals surface area (Å²) in [5, 5.41) is 13.0. The number of sulfonamides is 1. The number of rotatable bonds is 4. The molecule has 0 aliphatic carbocycles. The van der Waals surface area contributed by atoms with E-state index in [4.69, 9.17) is 0 Å². The molecule has 0 amide bonds. The van der Waals surface area contributed by atoms with Gasteiger partial charge < -0.3 is 5.11 Å². The molecule has 0 fully saturated rings. The smallest absolute Gasteiger partial charge is 0.241 e. The van der Waals surface area contributed by atoms with Gasteiger partial charge in [0.05, 0.1) is 10.6 Å². The molecule has 5 nitrogen and oxygen atoms in total. The molecule has 136 valence electrons. The Bertz CT molecular complexity index is 1020. The lowest BCUT2D eigenvalue weighted by molar-refractivity contribution is 0.472. The van der Waals surface area contributed by atoms with Crippen LogP contribution in [0, 0.1) is 0 Å². The lowest BCUT2D eigenvalue weighted by Gasteiger charge is -2.20. The first kappa shape index (κ1) is 18.6. The Morgan fingerprint density at radius 3 is 2.38 bits per heavy atom. The van der Waals surface area contributed by atoms with Crippen molar-refractivity contribution < 1.29 is 13.5 Å². The molecular formula is C19H20N2O3S2. The van der Waals surface area contributed by atoms with Crippen LogP contribution in [-0.4, -0.2) is 24.0 Å². The average molecular weight is 389 g/mol. The first-order valence-electron chi connectivity index (χ1n) is 8.04. The molecule has 0 saturated heterocycles. The SMILES string of the molecule is CC(C)(C)NS(=O)(=O)c1ccc(-c2csc(-c3ccccc3)n2)c(O)c1. The molecule has 3 rings (SSSR count). The average Bonchev–Trinajstić information content (AvgIpc) is 3.03. The van der Waals surface area contributed by atoms with Crippen molar-refractivity contribution in [3.8, 4) is 27.6 Å². The van der Waals surface area contributed by atoms with Gasteiger partial charge in [0.1, 0.15) is 10.8 Å². The molecule has 0 aliphatic rings. The summed E-state index contributed by atoms with van der Waals surface area (Å²) in [5.74, 6) is -0.119. The largest absolute Gasteiger partial charge is 0.507 e. The number of hydrogen-bond acceptors (Lipinski definition) is 5. The zero-order valence-electron chi connectivity index (χ0n) is 14.7. The van der Waals surface area contributed by atoms with Crippen molar-refractivity contribution in [2.75, 3.05) is 0 Å². The third kappa shape index (κ3) is 4.12. The van der Waals surface area contributed by atoms with E-state index in [1.165, 1.54) is 23.5 Å². The fourth-order valence-electron chi connectivity index (χ4n) is 2.47. The number of hydrogen-bond donors (Lipinski definition) is 2. The van der Waals surface area contributed by atoms with E-state index in [1.807, 2.05) is 35.7 Å². The van der Waals surface area contributed by atoms with Gasteiger partial charge >= 0.3 is 0 Å². The van der Waals surface area contributed by atoms with Gasteiger partial charge in [-0.3, -0.25) is 0 Å². The summed E-state index contributed by atoms with van der Waals surface area (Å²) < 4.78 is 27.4. The van der Waals surface area contributed by atoms with Crippen LogP contribution in [0.1, 0.15) is 20.8 Å². The van der Waals surface area contributed by atoms with E-state index in [0.717, 1.165) is 10.6 Å². The Balaban J connectivity index is 1.93. The third-order valence-electron chi connectivity index (χ3n) is 3.52. The molecule has 0 spiro atoms. The Hall–Kier alpha value is -2.22. The van der Waals surface area contributed by atoms with Gasteiger partial charge in [-0.1, -0.05) is 30.3 Å². The van der Waals surface area contributed by atoms with Gasteiger partial charge in [-0.2, -0.15) is 0 Å². The van der Waals surface area contributed by atoms with Crippen molar-refractivity contribution in [3.05, 3.63) is 53.9 Å². The quantitative estimate of drug-likeness (QED) is 0.700. The zero-order valence-corrected chi connectivity index (χ0v) is 16.4. The lowest BCUT2D eigenvalue weighted by Crippen LogP contribution is -2.40. The standard InChI is InChI=1S/C19H20N2O3S2/c1-19(2,3)21-26(23,24)14-9-10-15(17(22)11-14)16-12-25-18(20-16)13-7-5-4-6-8-13/h4-12,21-22H,1-3H3. The number of phenols is 1. The topological polar surface area (TPSA) is 79.3 Å². The molecule has 0 aliphatic heterocycles. The van der Waals surface area contributed by atoms with Gasteiger partial charge in [-0.25, -0.2) is 18.1 Å². The van der Waals surface area contributed by atoms with E-state index in [1.54, 1.807) is 26.8 Å². The molecule has 0 saturated carbocycles. The number of aromatic hydroxyl groups is 1. The molecule has 0 atom stereocenters. The van der Waals surface area contributed by atoms with Crippen LogP contribution in [0.5, 0.6) is 5.75 Å². The highest BCUT2D eigenvalue weighted by Gasteiger charge is 2.23. The molecule has 2 aromatic carbocycles. The Labute approximate surface area is 157 Å². The zero-order chi connectivity index (χ0) is 18.9. The number of aromatic nitrogens is 1. The van der Waals surface area contributed by atoms with Crippen LogP contribution in [0.15, 0.2) is 58.8 Å². The van der Waals surface area contributed by atoms with E-state index in [2.05, 4.69) is 9.71 Å². The molecule has 0 unspecified atom stereocenters.